The van der Waals surface area contributed by atoms with Crippen LogP contribution in [0.2, 0.25) is 0 Å². The fraction of sp³-hybridized carbons (Fsp3) is 0.136. The lowest BCUT2D eigenvalue weighted by molar-refractivity contribution is 0.103. The van der Waals surface area contributed by atoms with Crippen molar-refractivity contribution in [3.63, 3.8) is 0 Å². The Hall–Kier alpha value is -3.67. The second-order valence-corrected chi connectivity index (χ2v) is 6.49. The minimum atomic E-state index is -0.355. The molecule has 6 heteroatoms. The van der Waals surface area contributed by atoms with Crippen LogP contribution in [0.25, 0.3) is 6.08 Å². The van der Waals surface area contributed by atoms with E-state index in [-0.39, 0.29) is 23.3 Å². The zero-order chi connectivity index (χ0) is 19.8. The first-order chi connectivity index (χ1) is 13.5. The Morgan fingerprint density at radius 2 is 1.64 bits per heavy atom. The largest absolute Gasteiger partial charge is 0.504 e. The molecule has 28 heavy (non-hydrogen) atoms. The zero-order valence-corrected chi connectivity index (χ0v) is 15.4. The highest BCUT2D eigenvalue weighted by Crippen LogP contribution is 2.41. The van der Waals surface area contributed by atoms with Crippen LogP contribution in [0.15, 0.2) is 60.3 Å². The molecule has 1 aliphatic rings. The fourth-order valence-corrected chi connectivity index (χ4v) is 3.55. The summed E-state index contributed by atoms with van der Waals surface area (Å²) >= 11 is 0. The molecule has 0 saturated heterocycles. The monoisotopic (exact) mass is 377 g/mol. The van der Waals surface area contributed by atoms with Gasteiger partial charge in [0.05, 0.1) is 26.0 Å². The van der Waals surface area contributed by atoms with Crippen molar-refractivity contribution >= 4 is 11.9 Å². The Labute approximate surface area is 161 Å². The van der Waals surface area contributed by atoms with Crippen LogP contribution in [0, 0.1) is 0 Å². The molecule has 0 radical (unpaired) electrons. The van der Waals surface area contributed by atoms with Gasteiger partial charge in [0.25, 0.3) is 0 Å². The van der Waals surface area contributed by atoms with Crippen LogP contribution in [0.3, 0.4) is 0 Å². The lowest BCUT2D eigenvalue weighted by Crippen LogP contribution is -2.07. The van der Waals surface area contributed by atoms with Gasteiger partial charge in [0.15, 0.2) is 23.0 Å². The number of hydrogen-bond acceptors (Lipinski definition) is 5. The highest BCUT2D eigenvalue weighted by molar-refractivity contribution is 6.14. The number of Topliss-reactive ketones (excluding diaryl/α,β-unsaturated/α-hetero) is 1. The zero-order valence-electron chi connectivity index (χ0n) is 15.4. The van der Waals surface area contributed by atoms with E-state index in [0.717, 1.165) is 11.1 Å². The van der Waals surface area contributed by atoms with E-state index < -0.39 is 0 Å². The minimum absolute atomic E-state index is 0.0356. The van der Waals surface area contributed by atoms with Crippen LogP contribution >= 0.6 is 0 Å². The van der Waals surface area contributed by atoms with Crippen LogP contribution in [-0.4, -0.2) is 34.8 Å². The van der Waals surface area contributed by atoms with Gasteiger partial charge in [0, 0.05) is 11.8 Å². The molecule has 2 aromatic carbocycles. The molecule has 0 saturated carbocycles. The van der Waals surface area contributed by atoms with Gasteiger partial charge in [-0.1, -0.05) is 12.1 Å². The van der Waals surface area contributed by atoms with Crippen LogP contribution in [0.4, 0.5) is 0 Å². The van der Waals surface area contributed by atoms with E-state index in [2.05, 4.69) is 0 Å². The summed E-state index contributed by atoms with van der Waals surface area (Å²) in [5, 5.41) is 19.7. The molecule has 0 fully saturated rings. The standard InChI is InChI=1S/C22H19NO5/c1-27-19-11-13(5-7-17(19)24)10-15-21(23-9-3-4-16(23)22(15)26)14-6-8-18(25)20(12-14)28-2/h3-12,21,24-25H,1-2H3/b15-10+. The maximum Gasteiger partial charge on any atom is 0.207 e. The Morgan fingerprint density at radius 1 is 0.964 bits per heavy atom. The molecule has 4 rings (SSSR count). The van der Waals surface area contributed by atoms with Gasteiger partial charge in [0.2, 0.25) is 5.78 Å². The van der Waals surface area contributed by atoms with Crippen molar-refractivity contribution in [3.05, 3.63) is 77.1 Å². The maximum atomic E-state index is 13.0. The third kappa shape index (κ3) is 2.79. The number of benzene rings is 2. The van der Waals surface area contributed by atoms with Gasteiger partial charge in [-0.05, 0) is 53.6 Å². The number of ether oxygens (including phenoxy) is 2. The second kappa shape index (κ2) is 6.81. The third-order valence-corrected chi connectivity index (χ3v) is 4.89. The molecule has 0 aliphatic carbocycles. The SMILES string of the molecule is COc1cc(/C=C2/C(=O)c3cccn3C2c2ccc(O)c(OC)c2)ccc1O. The molecule has 0 spiro atoms. The Balaban J connectivity index is 1.86. The van der Waals surface area contributed by atoms with E-state index in [1.165, 1.54) is 20.3 Å². The normalized spacial score (nSPS) is 17.0. The molecule has 0 amide bonds. The molecule has 0 bridgehead atoms. The minimum Gasteiger partial charge on any atom is -0.504 e. The van der Waals surface area contributed by atoms with E-state index in [9.17, 15) is 15.0 Å². The number of phenolic OH excluding ortho intramolecular Hbond substituents is 2. The van der Waals surface area contributed by atoms with Crippen molar-refractivity contribution in [2.45, 2.75) is 6.04 Å². The number of rotatable bonds is 4. The van der Waals surface area contributed by atoms with E-state index in [1.54, 1.807) is 42.5 Å². The van der Waals surface area contributed by atoms with E-state index in [0.29, 0.717) is 22.8 Å². The first-order valence-electron chi connectivity index (χ1n) is 8.70. The summed E-state index contributed by atoms with van der Waals surface area (Å²) in [6.07, 6.45) is 3.65. The van der Waals surface area contributed by atoms with E-state index in [1.807, 2.05) is 16.8 Å². The topological polar surface area (TPSA) is 80.9 Å². The van der Waals surface area contributed by atoms with Crippen molar-refractivity contribution in [1.29, 1.82) is 0 Å². The number of hydrogen-bond donors (Lipinski definition) is 2. The second-order valence-electron chi connectivity index (χ2n) is 6.49. The molecule has 1 unspecified atom stereocenters. The van der Waals surface area contributed by atoms with Crippen molar-refractivity contribution in [3.8, 4) is 23.0 Å². The fourth-order valence-electron chi connectivity index (χ4n) is 3.55. The summed E-state index contributed by atoms with van der Waals surface area (Å²) in [5.41, 5.74) is 2.72. The number of carbonyl (C=O) groups is 1. The molecule has 1 atom stereocenters. The van der Waals surface area contributed by atoms with Gasteiger partial charge in [-0.25, -0.2) is 0 Å². The van der Waals surface area contributed by atoms with Crippen molar-refractivity contribution in [1.82, 2.24) is 4.57 Å². The molecule has 142 valence electrons. The highest BCUT2D eigenvalue weighted by atomic mass is 16.5. The Morgan fingerprint density at radius 3 is 2.36 bits per heavy atom. The molecule has 1 aliphatic heterocycles. The van der Waals surface area contributed by atoms with Crippen molar-refractivity contribution in [2.24, 2.45) is 0 Å². The molecule has 1 aromatic heterocycles. The summed E-state index contributed by atoms with van der Waals surface area (Å²) in [6, 6.07) is 13.3. The van der Waals surface area contributed by atoms with Crippen LogP contribution in [0.5, 0.6) is 23.0 Å². The van der Waals surface area contributed by atoms with Crippen LogP contribution < -0.4 is 9.47 Å². The Kier molecular flexibility index (Phi) is 4.31. The Bertz CT molecular complexity index is 1100. The predicted molar refractivity (Wildman–Crippen MR) is 104 cm³/mol. The first kappa shape index (κ1) is 17.7. The van der Waals surface area contributed by atoms with Gasteiger partial charge < -0.3 is 24.3 Å². The van der Waals surface area contributed by atoms with Gasteiger partial charge in [0.1, 0.15) is 0 Å². The van der Waals surface area contributed by atoms with Gasteiger partial charge in [-0.15, -0.1) is 0 Å². The van der Waals surface area contributed by atoms with E-state index >= 15 is 0 Å². The maximum absolute atomic E-state index is 13.0. The summed E-state index contributed by atoms with van der Waals surface area (Å²) in [7, 11) is 2.96. The lowest BCUT2D eigenvalue weighted by Gasteiger charge is -2.17. The van der Waals surface area contributed by atoms with Crippen LogP contribution in [0.1, 0.15) is 27.7 Å². The predicted octanol–water partition coefficient (Wildman–Crippen LogP) is 3.79. The molecule has 2 heterocycles. The van der Waals surface area contributed by atoms with Crippen LogP contribution in [-0.2, 0) is 0 Å². The first-order valence-corrected chi connectivity index (χ1v) is 8.70. The number of phenols is 2. The smallest absolute Gasteiger partial charge is 0.207 e. The molecule has 6 nitrogen and oxygen atoms in total. The molecular weight excluding hydrogens is 358 g/mol. The number of allylic oxidation sites excluding steroid dienone is 1. The van der Waals surface area contributed by atoms with Gasteiger partial charge in [-0.3, -0.25) is 4.79 Å². The number of aromatic hydroxyl groups is 2. The summed E-state index contributed by atoms with van der Waals surface area (Å²) in [5.74, 6) is 0.679. The summed E-state index contributed by atoms with van der Waals surface area (Å²) < 4.78 is 12.3. The number of aromatic nitrogens is 1. The van der Waals surface area contributed by atoms with Gasteiger partial charge >= 0.3 is 0 Å². The number of ketones is 1. The van der Waals surface area contributed by atoms with Gasteiger partial charge in [-0.2, -0.15) is 0 Å². The molecule has 2 N–H and O–H groups in total. The van der Waals surface area contributed by atoms with Crippen molar-refractivity contribution in [2.75, 3.05) is 14.2 Å². The average molecular weight is 377 g/mol. The highest BCUT2D eigenvalue weighted by Gasteiger charge is 2.35. The lowest BCUT2D eigenvalue weighted by atomic mass is 9.95. The average Bonchev–Trinajstić information content (AvgIpc) is 3.27. The third-order valence-electron chi connectivity index (χ3n) is 4.89. The van der Waals surface area contributed by atoms with Crippen molar-refractivity contribution < 1.29 is 24.5 Å². The number of methoxy groups -OCH3 is 2. The number of carbonyl (C=O) groups excluding carboxylic acids is 1. The number of nitrogens with zero attached hydrogens (tertiary/aromatic N) is 1. The summed E-state index contributed by atoms with van der Waals surface area (Å²) in [6.45, 7) is 0. The summed E-state index contributed by atoms with van der Waals surface area (Å²) in [4.78, 5) is 13.0. The quantitative estimate of drug-likeness (QED) is 0.676. The molecular formula is C22H19NO5. The molecule has 3 aromatic rings. The van der Waals surface area contributed by atoms with E-state index in [4.69, 9.17) is 9.47 Å². The number of fused-ring (bicyclic) bond motifs is 1.